The first kappa shape index (κ1) is 24.2. The summed E-state index contributed by atoms with van der Waals surface area (Å²) in [5, 5.41) is 12.0. The van der Waals surface area contributed by atoms with Crippen LogP contribution >= 0.6 is 0 Å². The van der Waals surface area contributed by atoms with Crippen molar-refractivity contribution in [2.45, 2.75) is 6.42 Å². The van der Waals surface area contributed by atoms with Crippen molar-refractivity contribution in [2.24, 2.45) is 5.73 Å². The van der Waals surface area contributed by atoms with Crippen LogP contribution in [0.1, 0.15) is 11.3 Å². The molecule has 0 unspecified atom stereocenters. The smallest absolute Gasteiger partial charge is 0.571 e. The van der Waals surface area contributed by atoms with E-state index < -0.39 is 0 Å². The second-order valence-electron chi connectivity index (χ2n) is 5.63. The van der Waals surface area contributed by atoms with E-state index in [0.717, 1.165) is 11.3 Å². The third-order valence-corrected chi connectivity index (χ3v) is 3.72. The van der Waals surface area contributed by atoms with E-state index in [0.29, 0.717) is 18.7 Å². The molecule has 1 amide bonds. The van der Waals surface area contributed by atoms with E-state index in [-0.39, 0.29) is 68.7 Å². The molecule has 0 atom stereocenters. The maximum Gasteiger partial charge on any atom is 1.00 e. The maximum absolute atomic E-state index is 12.6. The molecule has 0 spiro atoms. The fourth-order valence-electron chi connectivity index (χ4n) is 2.32. The van der Waals surface area contributed by atoms with Crippen molar-refractivity contribution in [3.8, 4) is 0 Å². The molecule has 0 aliphatic carbocycles. The van der Waals surface area contributed by atoms with Gasteiger partial charge in [-0.15, -0.1) is 7.05 Å². The van der Waals surface area contributed by atoms with E-state index in [4.69, 9.17) is 11.1 Å². The van der Waals surface area contributed by atoms with Crippen LogP contribution in [0.5, 0.6) is 0 Å². The Hall–Kier alpha value is -1.82. The molecule has 0 aliphatic heterocycles. The molecule has 0 bridgehead atoms. The Balaban J connectivity index is 0.00000392. The number of carbonyl (C=O) groups is 1. The van der Waals surface area contributed by atoms with Crippen LogP contribution in [-0.4, -0.2) is 52.3 Å². The zero-order chi connectivity index (χ0) is 19.6. The predicted octanol–water partition coefficient (Wildman–Crippen LogP) is -1.78. The van der Waals surface area contributed by atoms with Crippen LogP contribution < -0.4 is 62.4 Å². The third kappa shape index (κ3) is 7.66. The number of amides is 1. The molecule has 2 rings (SSSR count). The molecule has 0 aromatic carbocycles. The first-order valence-corrected chi connectivity index (χ1v) is 8.28. The van der Waals surface area contributed by atoms with Gasteiger partial charge in [0.05, 0.1) is 6.33 Å². The van der Waals surface area contributed by atoms with Gasteiger partial charge in [0.25, 0.3) is 5.91 Å². The van der Waals surface area contributed by atoms with Crippen LogP contribution in [-0.2, 0) is 11.2 Å². The zero-order valence-corrected chi connectivity index (χ0v) is 19.4. The molecule has 0 saturated heterocycles. The summed E-state index contributed by atoms with van der Waals surface area (Å²) in [6, 6.07) is 3.63. The molecule has 5 N–H and O–H groups in total. The summed E-state index contributed by atoms with van der Waals surface area (Å²) >= 11 is 0. The third-order valence-electron chi connectivity index (χ3n) is 3.72. The molecule has 28 heavy (non-hydrogen) atoms. The molecule has 2 aromatic heterocycles. The van der Waals surface area contributed by atoms with Gasteiger partial charge in [0.2, 0.25) is 0 Å². The average molecular weight is 407 g/mol. The van der Waals surface area contributed by atoms with Gasteiger partial charge in [-0.25, -0.2) is 4.98 Å². The number of carbonyl (C=O) groups excluding carboxylic acids is 1. The average Bonchev–Trinajstić information content (AvgIpc) is 3.18. The van der Waals surface area contributed by atoms with E-state index in [9.17, 15) is 4.79 Å². The fourth-order valence-corrected chi connectivity index (χ4v) is 2.32. The van der Waals surface area contributed by atoms with Gasteiger partial charge in [-0.2, -0.15) is 0 Å². The monoisotopic (exact) mass is 406 g/mol. The van der Waals surface area contributed by atoms with Crippen LogP contribution in [0.3, 0.4) is 0 Å². The summed E-state index contributed by atoms with van der Waals surface area (Å²) in [4.78, 5) is 23.6. The molecule has 0 radical (unpaired) electrons. The molecule has 0 aliphatic rings. The van der Waals surface area contributed by atoms with Gasteiger partial charge in [-0.05, 0) is 36.9 Å². The van der Waals surface area contributed by atoms with Crippen LogP contribution in [0.2, 0.25) is 0 Å². The molecule has 0 saturated carbocycles. The number of aromatic nitrogens is 3. The Labute approximate surface area is 206 Å². The van der Waals surface area contributed by atoms with Gasteiger partial charge in [-0.1, -0.05) is 0 Å². The number of nitrogens with two attached hydrogens (primary N) is 1. The summed E-state index contributed by atoms with van der Waals surface area (Å²) in [6.45, 7) is 0.419. The van der Waals surface area contributed by atoms with Gasteiger partial charge in [0, 0.05) is 48.5 Å². The number of imidazole rings is 1. The normalized spacial score (nSPS) is 11.5. The molecule has 2 aromatic rings. The molecule has 0 fully saturated rings. The van der Waals surface area contributed by atoms with Gasteiger partial charge in [0.1, 0.15) is 5.84 Å². The minimum absolute atomic E-state index is 0. The number of aromatic amines is 1. The standard InChI is InChI=1S/C18H23N8O.K/c1-21-26(2)16(13-3-6-22-7-4-13)9-14(10-17(19)20)18(27)24-8-5-15-11-23-12-25-15;/h3-4,6-7,9-12H,5,8H2,1-2H3,(H3,19,20)(H,23,25)(H,24,27);/q-1;+1/b14-10-,16-9-;. The van der Waals surface area contributed by atoms with E-state index in [1.54, 1.807) is 50.1 Å². The number of nitrogens with zero attached hydrogens (tertiary/aromatic N) is 4. The van der Waals surface area contributed by atoms with Crippen molar-refractivity contribution in [1.29, 1.82) is 5.41 Å². The Bertz CT molecular complexity index is 817. The van der Waals surface area contributed by atoms with E-state index in [1.807, 2.05) is 12.1 Å². The van der Waals surface area contributed by atoms with Gasteiger partial charge >= 0.3 is 51.4 Å². The Morgan fingerprint density at radius 3 is 2.64 bits per heavy atom. The largest absolute Gasteiger partial charge is 1.00 e. The number of nitrogens with one attached hydrogen (secondary N) is 3. The number of hydrogen-bond acceptors (Lipinski definition) is 5. The van der Waals surface area contributed by atoms with Gasteiger partial charge < -0.3 is 26.5 Å². The first-order valence-electron chi connectivity index (χ1n) is 8.28. The van der Waals surface area contributed by atoms with Crippen molar-refractivity contribution in [1.82, 2.24) is 25.3 Å². The van der Waals surface area contributed by atoms with Gasteiger partial charge in [-0.3, -0.25) is 15.2 Å². The molecule has 142 valence electrons. The Kier molecular flexibility index (Phi) is 10.9. The molecular weight excluding hydrogens is 383 g/mol. The van der Waals surface area contributed by atoms with Crippen molar-refractivity contribution >= 4 is 17.4 Å². The Morgan fingerprint density at radius 1 is 1.36 bits per heavy atom. The van der Waals surface area contributed by atoms with Crippen LogP contribution in [0.25, 0.3) is 11.1 Å². The molecule has 2 heterocycles. The van der Waals surface area contributed by atoms with E-state index in [1.165, 1.54) is 6.08 Å². The predicted molar refractivity (Wildman–Crippen MR) is 105 cm³/mol. The van der Waals surface area contributed by atoms with Crippen molar-refractivity contribution < 1.29 is 56.2 Å². The first-order chi connectivity index (χ1) is 13.0. The SMILES string of the molecule is C[N-]N(C)/C(=C\C(=C\C(=N)N)C(=O)NCCc1cnc[nH]1)c1ccncc1.[K+]. The number of pyridine rings is 1. The van der Waals surface area contributed by atoms with E-state index >= 15 is 0 Å². The minimum Gasteiger partial charge on any atom is -0.571 e. The van der Waals surface area contributed by atoms with Crippen molar-refractivity contribution in [2.75, 3.05) is 20.6 Å². The second kappa shape index (κ2) is 12.6. The minimum atomic E-state index is -0.333. The quantitative estimate of drug-likeness (QED) is 0.0974. The van der Waals surface area contributed by atoms with Gasteiger partial charge in [0.15, 0.2) is 0 Å². The number of amidine groups is 1. The summed E-state index contributed by atoms with van der Waals surface area (Å²) in [5.74, 6) is -0.545. The summed E-state index contributed by atoms with van der Waals surface area (Å²) < 4.78 is 0. The molecule has 10 heteroatoms. The summed E-state index contributed by atoms with van der Waals surface area (Å²) in [7, 11) is 3.42. The zero-order valence-electron chi connectivity index (χ0n) is 16.3. The van der Waals surface area contributed by atoms with Crippen LogP contribution in [0.15, 0.2) is 54.8 Å². The van der Waals surface area contributed by atoms with Crippen LogP contribution in [0.4, 0.5) is 0 Å². The fraction of sp³-hybridized carbons (Fsp3) is 0.222. The Morgan fingerprint density at radius 2 is 2.07 bits per heavy atom. The molecular formula is C18H23KN8O. The van der Waals surface area contributed by atoms with Crippen molar-refractivity contribution in [3.63, 3.8) is 0 Å². The van der Waals surface area contributed by atoms with E-state index in [2.05, 4.69) is 25.7 Å². The summed E-state index contributed by atoms with van der Waals surface area (Å²) in [6.07, 6.45) is 10.2. The number of hydrogen-bond donors (Lipinski definition) is 4. The second-order valence-corrected chi connectivity index (χ2v) is 5.63. The maximum atomic E-state index is 12.6. The summed E-state index contributed by atoms with van der Waals surface area (Å²) in [5.41, 5.74) is 12.3. The topological polar surface area (TPSA) is 138 Å². The number of rotatable bonds is 9. The molecule has 9 nitrogen and oxygen atoms in total. The van der Waals surface area contributed by atoms with Crippen molar-refractivity contribution in [3.05, 3.63) is 71.5 Å². The van der Waals surface area contributed by atoms with Crippen LogP contribution in [0, 0.1) is 5.41 Å². The number of H-pyrrole nitrogens is 1.